The lowest BCUT2D eigenvalue weighted by molar-refractivity contribution is 0.00324. The zero-order valence-corrected chi connectivity index (χ0v) is 18.6. The van der Waals surface area contributed by atoms with Crippen molar-refractivity contribution in [2.45, 2.75) is 12.2 Å². The Hall–Kier alpha value is -4.39. The van der Waals surface area contributed by atoms with Gasteiger partial charge in [-0.1, -0.05) is 72.8 Å². The van der Waals surface area contributed by atoms with Crippen LogP contribution >= 0.6 is 0 Å². The van der Waals surface area contributed by atoms with Crippen LogP contribution in [0.5, 0.6) is 0 Å². The molecule has 172 valence electrons. The normalized spacial score (nSPS) is 12.2. The molecule has 2 atom stereocenters. The fraction of sp³-hybridized carbons (Fsp3) is 0.148. The van der Waals surface area contributed by atoms with Crippen molar-refractivity contribution in [3.63, 3.8) is 0 Å². The first-order valence-electron chi connectivity index (χ1n) is 11.0. The van der Waals surface area contributed by atoms with Crippen LogP contribution in [0.2, 0.25) is 0 Å². The number of nitrogens with one attached hydrogen (secondary N) is 2. The highest BCUT2D eigenvalue weighted by molar-refractivity contribution is 5.61. The van der Waals surface area contributed by atoms with Crippen LogP contribution in [0.4, 0.5) is 16.4 Å². The maximum Gasteiger partial charge on any atom is 0.509 e. The van der Waals surface area contributed by atoms with Crippen molar-refractivity contribution in [1.82, 2.24) is 9.97 Å². The molecular weight excluding hydrogens is 428 g/mol. The third-order valence-corrected chi connectivity index (χ3v) is 5.09. The molecular formula is C27H26N4O3. The number of nitrogens with zero attached hydrogens (tertiary/aromatic N) is 2. The van der Waals surface area contributed by atoms with Crippen molar-refractivity contribution in [2.75, 3.05) is 23.7 Å². The van der Waals surface area contributed by atoms with Crippen LogP contribution in [0.1, 0.15) is 23.3 Å². The third kappa shape index (κ3) is 6.80. The lowest BCUT2D eigenvalue weighted by Crippen LogP contribution is -2.24. The Kier molecular flexibility index (Phi) is 8.05. The van der Waals surface area contributed by atoms with E-state index >= 15 is 0 Å². The van der Waals surface area contributed by atoms with E-state index in [1.807, 2.05) is 97.1 Å². The van der Waals surface area contributed by atoms with Crippen molar-refractivity contribution in [3.05, 3.63) is 121 Å². The highest BCUT2D eigenvalue weighted by Gasteiger charge is 2.22. The van der Waals surface area contributed by atoms with Crippen LogP contribution < -0.4 is 10.6 Å². The van der Waals surface area contributed by atoms with E-state index in [9.17, 15) is 4.79 Å². The predicted octanol–water partition coefficient (Wildman–Crippen LogP) is 5.64. The number of benzene rings is 2. The minimum Gasteiger partial charge on any atom is -0.424 e. The molecule has 4 aromatic rings. The molecule has 0 bridgehead atoms. The summed E-state index contributed by atoms with van der Waals surface area (Å²) in [4.78, 5) is 21.4. The third-order valence-electron chi connectivity index (χ3n) is 5.09. The molecule has 4 rings (SSSR count). The molecule has 7 nitrogen and oxygen atoms in total. The van der Waals surface area contributed by atoms with Crippen LogP contribution in [0, 0.1) is 0 Å². The van der Waals surface area contributed by atoms with Gasteiger partial charge >= 0.3 is 6.16 Å². The first-order valence-corrected chi connectivity index (χ1v) is 11.0. The van der Waals surface area contributed by atoms with Gasteiger partial charge in [-0.25, -0.2) is 14.8 Å². The largest absolute Gasteiger partial charge is 0.509 e. The van der Waals surface area contributed by atoms with Crippen molar-refractivity contribution in [1.29, 1.82) is 0 Å². The van der Waals surface area contributed by atoms with Crippen molar-refractivity contribution in [3.8, 4) is 0 Å². The molecule has 2 unspecified atom stereocenters. The number of anilines is 2. The first kappa shape index (κ1) is 22.8. The predicted molar refractivity (Wildman–Crippen MR) is 131 cm³/mol. The standard InChI is InChI=1S/C27H26N4O3/c32-27(33-23(21-11-3-1-4-12-21)19-30-25-15-7-9-17-28-25)34-24(22-13-5-2-6-14-22)20-31-26-16-8-10-18-29-26/h1-18,23-24H,19-20H2,(H,28,30)(H,29,31). The average Bonchev–Trinajstić information content (AvgIpc) is 2.91. The van der Waals surface area contributed by atoms with Gasteiger partial charge in [0.15, 0.2) is 0 Å². The van der Waals surface area contributed by atoms with E-state index in [0.29, 0.717) is 24.7 Å². The van der Waals surface area contributed by atoms with E-state index in [2.05, 4.69) is 20.6 Å². The minimum absolute atomic E-state index is 0.346. The maximum atomic E-state index is 12.9. The molecule has 0 radical (unpaired) electrons. The summed E-state index contributed by atoms with van der Waals surface area (Å²) in [6.45, 7) is 0.691. The summed E-state index contributed by atoms with van der Waals surface area (Å²) in [5.41, 5.74) is 1.71. The summed E-state index contributed by atoms with van der Waals surface area (Å²) >= 11 is 0. The molecule has 0 spiro atoms. The lowest BCUT2D eigenvalue weighted by Gasteiger charge is -2.22. The Labute approximate surface area is 198 Å². The molecule has 0 aliphatic rings. The van der Waals surface area contributed by atoms with Crippen molar-refractivity contribution in [2.24, 2.45) is 0 Å². The molecule has 2 aromatic carbocycles. The molecule has 0 aliphatic heterocycles. The van der Waals surface area contributed by atoms with Gasteiger partial charge in [-0.2, -0.15) is 0 Å². The van der Waals surface area contributed by atoms with E-state index in [0.717, 1.165) is 11.1 Å². The second kappa shape index (κ2) is 12.0. The smallest absolute Gasteiger partial charge is 0.424 e. The fourth-order valence-corrected chi connectivity index (χ4v) is 3.38. The van der Waals surface area contributed by atoms with Gasteiger partial charge in [-0.3, -0.25) is 0 Å². The van der Waals surface area contributed by atoms with Crippen LogP contribution in [0.3, 0.4) is 0 Å². The Bertz CT molecular complexity index is 1040. The van der Waals surface area contributed by atoms with Crippen molar-refractivity contribution < 1.29 is 14.3 Å². The van der Waals surface area contributed by atoms with E-state index in [-0.39, 0.29) is 0 Å². The van der Waals surface area contributed by atoms with E-state index in [1.54, 1.807) is 12.4 Å². The molecule has 0 saturated carbocycles. The maximum absolute atomic E-state index is 12.9. The topological polar surface area (TPSA) is 85.4 Å². The quantitative estimate of drug-likeness (QED) is 0.300. The molecule has 2 heterocycles. The van der Waals surface area contributed by atoms with E-state index < -0.39 is 18.4 Å². The molecule has 0 saturated heterocycles. The zero-order chi connectivity index (χ0) is 23.4. The van der Waals surface area contributed by atoms with Crippen LogP contribution in [-0.4, -0.2) is 29.2 Å². The Balaban J connectivity index is 1.44. The molecule has 0 fully saturated rings. The summed E-state index contributed by atoms with van der Waals surface area (Å²) in [5.74, 6) is 1.39. The Morgan fingerprint density at radius 1 is 0.618 bits per heavy atom. The van der Waals surface area contributed by atoms with Gasteiger partial charge < -0.3 is 20.1 Å². The first-order chi connectivity index (χ1) is 16.8. The second-order valence-corrected chi connectivity index (χ2v) is 7.48. The summed E-state index contributed by atoms with van der Waals surface area (Å²) in [7, 11) is 0. The fourth-order valence-electron chi connectivity index (χ4n) is 3.38. The summed E-state index contributed by atoms with van der Waals surface area (Å²) in [5, 5.41) is 6.43. The molecule has 0 amide bonds. The summed E-state index contributed by atoms with van der Waals surface area (Å²) in [6.07, 6.45) is 1.53. The second-order valence-electron chi connectivity index (χ2n) is 7.48. The van der Waals surface area contributed by atoms with Gasteiger partial charge in [0.05, 0.1) is 13.1 Å². The molecule has 2 N–H and O–H groups in total. The molecule has 7 heteroatoms. The number of hydrogen-bond donors (Lipinski definition) is 2. The van der Waals surface area contributed by atoms with Gasteiger partial charge in [-0.15, -0.1) is 0 Å². The van der Waals surface area contributed by atoms with Crippen LogP contribution in [0.15, 0.2) is 109 Å². The number of rotatable bonds is 10. The van der Waals surface area contributed by atoms with Gasteiger partial charge in [0.25, 0.3) is 0 Å². The zero-order valence-electron chi connectivity index (χ0n) is 18.6. The molecule has 2 aromatic heterocycles. The Morgan fingerprint density at radius 2 is 1.03 bits per heavy atom. The van der Waals surface area contributed by atoms with Gasteiger partial charge in [0.2, 0.25) is 0 Å². The molecule has 34 heavy (non-hydrogen) atoms. The highest BCUT2D eigenvalue weighted by Crippen LogP contribution is 2.23. The van der Waals surface area contributed by atoms with E-state index in [4.69, 9.17) is 9.47 Å². The Morgan fingerprint density at radius 3 is 1.41 bits per heavy atom. The van der Waals surface area contributed by atoms with Gasteiger partial charge in [0.1, 0.15) is 23.8 Å². The van der Waals surface area contributed by atoms with Crippen molar-refractivity contribution >= 4 is 17.8 Å². The number of carbonyl (C=O) groups excluding carboxylic acids is 1. The number of carbonyl (C=O) groups is 1. The van der Waals surface area contributed by atoms with Crippen LogP contribution in [0.25, 0.3) is 0 Å². The van der Waals surface area contributed by atoms with Gasteiger partial charge in [-0.05, 0) is 35.4 Å². The SMILES string of the molecule is O=C(OC(CNc1ccccn1)c1ccccc1)OC(CNc1ccccn1)c1ccccc1. The van der Waals surface area contributed by atoms with Crippen LogP contribution in [-0.2, 0) is 9.47 Å². The number of hydrogen-bond acceptors (Lipinski definition) is 7. The number of ether oxygens (including phenoxy) is 2. The molecule has 0 aliphatic carbocycles. The monoisotopic (exact) mass is 454 g/mol. The summed E-state index contributed by atoms with van der Waals surface area (Å²) in [6, 6.07) is 30.3. The number of aromatic nitrogens is 2. The highest BCUT2D eigenvalue weighted by atomic mass is 16.7. The lowest BCUT2D eigenvalue weighted by atomic mass is 10.1. The summed E-state index contributed by atoms with van der Waals surface area (Å²) < 4.78 is 11.5. The average molecular weight is 455 g/mol. The van der Waals surface area contributed by atoms with E-state index in [1.165, 1.54) is 0 Å². The number of pyridine rings is 2. The van der Waals surface area contributed by atoms with Gasteiger partial charge in [0, 0.05) is 12.4 Å². The minimum atomic E-state index is -0.756.